The normalized spacial score (nSPS) is 11.0. The van der Waals surface area contributed by atoms with Crippen molar-refractivity contribution in [2.45, 2.75) is 6.92 Å². The topological polar surface area (TPSA) is 104 Å². The zero-order chi connectivity index (χ0) is 15.8. The average molecular weight is 308 g/mol. The Morgan fingerprint density at radius 1 is 1.09 bits per heavy atom. The Morgan fingerprint density at radius 3 is 2.65 bits per heavy atom. The van der Waals surface area contributed by atoms with Crippen molar-refractivity contribution >= 4 is 11.7 Å². The van der Waals surface area contributed by atoms with Gasteiger partial charge in [0.15, 0.2) is 5.76 Å². The maximum Gasteiger partial charge on any atom is 0.328 e. The van der Waals surface area contributed by atoms with Crippen LogP contribution in [0.2, 0.25) is 0 Å². The standard InChI is InChI=1S/C15H12N6O2/c1-9-4-6-10(7-5-9)23-15-18-13(16)21-14(19-15)17-12(20-21)11-3-2-8-22-11/h2-8H,1H3,(H2,16,17,18,19,20). The van der Waals surface area contributed by atoms with Gasteiger partial charge >= 0.3 is 6.01 Å². The van der Waals surface area contributed by atoms with Gasteiger partial charge in [-0.3, -0.25) is 0 Å². The minimum Gasteiger partial charge on any atom is -0.461 e. The second kappa shape index (κ2) is 5.09. The first kappa shape index (κ1) is 13.3. The molecule has 4 rings (SSSR count). The molecule has 3 heterocycles. The number of nitrogen functional groups attached to an aromatic ring is 1. The van der Waals surface area contributed by atoms with Gasteiger partial charge in [-0.15, -0.1) is 5.10 Å². The third kappa shape index (κ3) is 2.46. The summed E-state index contributed by atoms with van der Waals surface area (Å²) in [4.78, 5) is 12.6. The maximum absolute atomic E-state index is 5.90. The van der Waals surface area contributed by atoms with E-state index in [2.05, 4.69) is 20.1 Å². The van der Waals surface area contributed by atoms with Crippen LogP contribution < -0.4 is 10.5 Å². The smallest absolute Gasteiger partial charge is 0.328 e. The van der Waals surface area contributed by atoms with E-state index in [1.807, 2.05) is 31.2 Å². The third-order valence-corrected chi connectivity index (χ3v) is 3.18. The van der Waals surface area contributed by atoms with Gasteiger partial charge in [-0.2, -0.15) is 19.5 Å². The molecule has 0 saturated carbocycles. The zero-order valence-electron chi connectivity index (χ0n) is 12.2. The first-order valence-electron chi connectivity index (χ1n) is 6.88. The molecule has 8 nitrogen and oxygen atoms in total. The van der Waals surface area contributed by atoms with Crippen LogP contribution in [0.15, 0.2) is 47.1 Å². The molecule has 1 aromatic carbocycles. The van der Waals surface area contributed by atoms with E-state index in [-0.39, 0.29) is 17.7 Å². The summed E-state index contributed by atoms with van der Waals surface area (Å²) in [6, 6.07) is 11.1. The highest BCUT2D eigenvalue weighted by Gasteiger charge is 2.14. The lowest BCUT2D eigenvalue weighted by atomic mass is 10.2. The van der Waals surface area contributed by atoms with Gasteiger partial charge in [0, 0.05) is 0 Å². The van der Waals surface area contributed by atoms with Crippen molar-refractivity contribution in [2.75, 3.05) is 5.73 Å². The molecule has 0 aliphatic carbocycles. The van der Waals surface area contributed by atoms with Crippen molar-refractivity contribution in [3.63, 3.8) is 0 Å². The van der Waals surface area contributed by atoms with Gasteiger partial charge in [-0.25, -0.2) is 0 Å². The van der Waals surface area contributed by atoms with Crippen molar-refractivity contribution in [1.82, 2.24) is 24.6 Å². The van der Waals surface area contributed by atoms with Crippen molar-refractivity contribution in [1.29, 1.82) is 0 Å². The zero-order valence-corrected chi connectivity index (χ0v) is 12.2. The molecule has 0 radical (unpaired) electrons. The molecular weight excluding hydrogens is 296 g/mol. The van der Waals surface area contributed by atoms with E-state index in [4.69, 9.17) is 14.9 Å². The SMILES string of the molecule is Cc1ccc(Oc2nc(N)n3nc(-c4ccco4)nc3n2)cc1. The van der Waals surface area contributed by atoms with Crippen LogP contribution in [0.3, 0.4) is 0 Å². The largest absolute Gasteiger partial charge is 0.461 e. The highest BCUT2D eigenvalue weighted by Crippen LogP contribution is 2.21. The fourth-order valence-corrected chi connectivity index (χ4v) is 2.05. The van der Waals surface area contributed by atoms with Gasteiger partial charge in [0.25, 0.3) is 5.78 Å². The van der Waals surface area contributed by atoms with Crippen molar-refractivity contribution in [3.8, 4) is 23.3 Å². The molecule has 0 aliphatic rings. The highest BCUT2D eigenvalue weighted by molar-refractivity contribution is 5.51. The number of hydrogen-bond acceptors (Lipinski definition) is 7. The van der Waals surface area contributed by atoms with E-state index < -0.39 is 0 Å². The minimum absolute atomic E-state index is 0.109. The monoisotopic (exact) mass is 308 g/mol. The molecule has 0 aliphatic heterocycles. The van der Waals surface area contributed by atoms with Crippen LogP contribution in [-0.4, -0.2) is 24.6 Å². The molecule has 0 amide bonds. The summed E-state index contributed by atoms with van der Waals surface area (Å²) in [6.45, 7) is 2.00. The fraction of sp³-hybridized carbons (Fsp3) is 0.0667. The molecule has 0 atom stereocenters. The van der Waals surface area contributed by atoms with Crippen LogP contribution in [0.4, 0.5) is 5.95 Å². The van der Waals surface area contributed by atoms with Gasteiger partial charge in [0.05, 0.1) is 6.26 Å². The molecule has 2 N–H and O–H groups in total. The lowest BCUT2D eigenvalue weighted by Gasteiger charge is -2.04. The first-order chi connectivity index (χ1) is 11.2. The number of nitrogens with two attached hydrogens (primary N) is 1. The summed E-state index contributed by atoms with van der Waals surface area (Å²) in [7, 11) is 0. The van der Waals surface area contributed by atoms with Crippen LogP contribution in [0, 0.1) is 6.92 Å². The first-order valence-corrected chi connectivity index (χ1v) is 6.88. The molecule has 0 unspecified atom stereocenters. The number of hydrogen-bond donors (Lipinski definition) is 1. The Labute approximate surface area is 130 Å². The molecule has 0 spiro atoms. The van der Waals surface area contributed by atoms with Crippen LogP contribution in [0.1, 0.15) is 5.56 Å². The maximum atomic E-state index is 5.90. The lowest BCUT2D eigenvalue weighted by molar-refractivity contribution is 0.441. The molecular formula is C15H12N6O2. The van der Waals surface area contributed by atoms with Gasteiger partial charge in [0.1, 0.15) is 5.75 Å². The molecule has 114 valence electrons. The van der Waals surface area contributed by atoms with E-state index in [1.165, 1.54) is 4.52 Å². The summed E-state index contributed by atoms with van der Waals surface area (Å²) in [6.07, 6.45) is 1.54. The minimum atomic E-state index is 0.109. The van der Waals surface area contributed by atoms with Crippen molar-refractivity contribution < 1.29 is 9.15 Å². The summed E-state index contributed by atoms with van der Waals surface area (Å²) in [5.41, 5.74) is 7.03. The van der Waals surface area contributed by atoms with Gasteiger partial charge in [0.2, 0.25) is 11.8 Å². The number of nitrogens with zero attached hydrogens (tertiary/aromatic N) is 5. The summed E-state index contributed by atoms with van der Waals surface area (Å²) in [5.74, 6) is 1.93. The van der Waals surface area contributed by atoms with E-state index >= 15 is 0 Å². The summed E-state index contributed by atoms with van der Waals surface area (Å²) >= 11 is 0. The number of rotatable bonds is 3. The molecule has 0 fully saturated rings. The Kier molecular flexibility index (Phi) is 2.94. The van der Waals surface area contributed by atoms with Gasteiger partial charge in [-0.05, 0) is 31.2 Å². The van der Waals surface area contributed by atoms with Crippen molar-refractivity contribution in [3.05, 3.63) is 48.2 Å². The van der Waals surface area contributed by atoms with Gasteiger partial charge < -0.3 is 14.9 Å². The number of aromatic nitrogens is 5. The molecule has 4 aromatic rings. The van der Waals surface area contributed by atoms with E-state index in [9.17, 15) is 0 Å². The lowest BCUT2D eigenvalue weighted by Crippen LogP contribution is -2.05. The number of ether oxygens (including phenoxy) is 1. The fourth-order valence-electron chi connectivity index (χ4n) is 2.05. The predicted molar refractivity (Wildman–Crippen MR) is 81.9 cm³/mol. The Balaban J connectivity index is 1.73. The molecule has 23 heavy (non-hydrogen) atoms. The molecule has 8 heteroatoms. The average Bonchev–Trinajstić information content (AvgIpc) is 3.18. The Hall–Kier alpha value is -3.42. The van der Waals surface area contributed by atoms with E-state index in [0.717, 1.165) is 5.56 Å². The van der Waals surface area contributed by atoms with Crippen LogP contribution in [-0.2, 0) is 0 Å². The number of anilines is 1. The van der Waals surface area contributed by atoms with Crippen LogP contribution in [0.5, 0.6) is 11.8 Å². The number of furan rings is 1. The van der Waals surface area contributed by atoms with Crippen LogP contribution >= 0.6 is 0 Å². The number of fused-ring (bicyclic) bond motifs is 1. The second-order valence-corrected chi connectivity index (χ2v) is 4.90. The number of benzene rings is 1. The van der Waals surface area contributed by atoms with E-state index in [1.54, 1.807) is 18.4 Å². The third-order valence-electron chi connectivity index (χ3n) is 3.18. The molecule has 0 saturated heterocycles. The predicted octanol–water partition coefficient (Wildman–Crippen LogP) is 2.46. The quantitative estimate of drug-likeness (QED) is 0.619. The number of aryl methyl sites for hydroxylation is 1. The summed E-state index contributed by atoms with van der Waals surface area (Å²) < 4.78 is 12.2. The second-order valence-electron chi connectivity index (χ2n) is 4.90. The van der Waals surface area contributed by atoms with E-state index in [0.29, 0.717) is 17.3 Å². The summed E-state index contributed by atoms with van der Waals surface area (Å²) in [5, 5.41) is 4.22. The molecule has 3 aromatic heterocycles. The van der Waals surface area contributed by atoms with Crippen molar-refractivity contribution in [2.24, 2.45) is 0 Å². The Morgan fingerprint density at radius 2 is 1.91 bits per heavy atom. The van der Waals surface area contributed by atoms with Crippen LogP contribution in [0.25, 0.3) is 17.4 Å². The Bertz CT molecular complexity index is 960. The van der Waals surface area contributed by atoms with Gasteiger partial charge in [-0.1, -0.05) is 17.7 Å². The molecule has 0 bridgehead atoms. The highest BCUT2D eigenvalue weighted by atomic mass is 16.5.